The average Bonchev–Trinajstić information content (AvgIpc) is 3.40. The lowest BCUT2D eigenvalue weighted by Gasteiger charge is -2.46. The van der Waals surface area contributed by atoms with Gasteiger partial charge in [0.2, 0.25) is 0 Å². The molecule has 4 aromatic rings. The minimum absolute atomic E-state index is 0.00295. The molecule has 156 valence electrons. The molecule has 0 bridgehead atoms. The molecule has 0 unspecified atom stereocenters. The van der Waals surface area contributed by atoms with Crippen LogP contribution in [0.15, 0.2) is 71.4 Å². The van der Waals surface area contributed by atoms with Crippen LogP contribution in [0.3, 0.4) is 0 Å². The van der Waals surface area contributed by atoms with Gasteiger partial charge in [-0.15, -0.1) is 0 Å². The van der Waals surface area contributed by atoms with Crippen LogP contribution in [0.2, 0.25) is 0 Å². The van der Waals surface area contributed by atoms with Gasteiger partial charge in [-0.3, -0.25) is 4.68 Å². The highest BCUT2D eigenvalue weighted by Crippen LogP contribution is 2.54. The highest BCUT2D eigenvalue weighted by Gasteiger charge is 2.51. The van der Waals surface area contributed by atoms with E-state index < -0.39 is 0 Å². The average molecular weight is 410 g/mol. The van der Waals surface area contributed by atoms with Crippen LogP contribution >= 0.6 is 0 Å². The summed E-state index contributed by atoms with van der Waals surface area (Å²) in [6.45, 7) is 5.50. The summed E-state index contributed by atoms with van der Waals surface area (Å²) in [6.07, 6.45) is 5.08. The van der Waals surface area contributed by atoms with Gasteiger partial charge in [0, 0.05) is 28.0 Å². The van der Waals surface area contributed by atoms with E-state index in [2.05, 4.69) is 84.3 Å². The largest absolute Gasteiger partial charge is 0.361 e. The van der Waals surface area contributed by atoms with Gasteiger partial charge in [-0.05, 0) is 30.7 Å². The van der Waals surface area contributed by atoms with Gasteiger partial charge in [0.15, 0.2) is 0 Å². The number of hydrogen-bond acceptors (Lipinski definition) is 3. The second kappa shape index (κ2) is 6.94. The fourth-order valence-corrected chi connectivity index (χ4v) is 6.15. The zero-order valence-electron chi connectivity index (χ0n) is 18.1. The van der Waals surface area contributed by atoms with Gasteiger partial charge in [-0.2, -0.15) is 5.10 Å². The first-order valence-electron chi connectivity index (χ1n) is 11.3. The van der Waals surface area contributed by atoms with Crippen molar-refractivity contribution in [2.45, 2.75) is 51.0 Å². The van der Waals surface area contributed by atoms with Gasteiger partial charge < -0.3 is 4.52 Å². The fourth-order valence-electron chi connectivity index (χ4n) is 6.15. The van der Waals surface area contributed by atoms with Crippen molar-refractivity contribution >= 4 is 0 Å². The van der Waals surface area contributed by atoms with Gasteiger partial charge >= 0.3 is 0 Å². The van der Waals surface area contributed by atoms with Crippen LogP contribution in [0.25, 0.3) is 11.3 Å². The third-order valence-corrected chi connectivity index (χ3v) is 7.59. The topological polar surface area (TPSA) is 43.9 Å². The molecule has 0 radical (unpaired) electrons. The molecule has 31 heavy (non-hydrogen) atoms. The summed E-state index contributed by atoms with van der Waals surface area (Å²) in [6, 6.07) is 21.4. The number of aromatic nitrogens is 3. The zero-order chi connectivity index (χ0) is 21.0. The van der Waals surface area contributed by atoms with Crippen molar-refractivity contribution in [2.24, 2.45) is 5.92 Å². The molecular weight excluding hydrogens is 382 g/mol. The molecule has 4 heteroatoms. The summed E-state index contributed by atoms with van der Waals surface area (Å²) in [5, 5.41) is 9.46. The SMILES string of the molecule is C[C@H]1c2oncc2C[C@@]2(C)c3nn(Cc4ccccc4)c(-c4ccccc4)c3CC[C@H]12. The Labute approximate surface area is 182 Å². The number of rotatable bonds is 3. The number of fused-ring (bicyclic) bond motifs is 4. The Morgan fingerprint density at radius 2 is 1.81 bits per heavy atom. The Bertz CT molecular complexity index is 1220. The molecule has 6 rings (SSSR count). The van der Waals surface area contributed by atoms with E-state index in [0.29, 0.717) is 11.8 Å². The minimum Gasteiger partial charge on any atom is -0.361 e. The quantitative estimate of drug-likeness (QED) is 0.432. The molecule has 0 aliphatic heterocycles. The maximum atomic E-state index is 5.65. The van der Waals surface area contributed by atoms with Crippen LogP contribution < -0.4 is 0 Å². The number of benzene rings is 2. The molecule has 0 saturated heterocycles. The Hall–Kier alpha value is -3.14. The van der Waals surface area contributed by atoms with E-state index in [1.165, 1.54) is 33.6 Å². The van der Waals surface area contributed by atoms with E-state index in [1.807, 2.05) is 6.20 Å². The summed E-state index contributed by atoms with van der Waals surface area (Å²) in [5.74, 6) is 1.96. The zero-order valence-corrected chi connectivity index (χ0v) is 18.1. The van der Waals surface area contributed by atoms with E-state index in [1.54, 1.807) is 0 Å². The van der Waals surface area contributed by atoms with Crippen molar-refractivity contribution in [3.8, 4) is 11.3 Å². The molecule has 0 amide bonds. The van der Waals surface area contributed by atoms with E-state index in [4.69, 9.17) is 9.62 Å². The lowest BCUT2D eigenvalue weighted by atomic mass is 9.56. The van der Waals surface area contributed by atoms with Crippen molar-refractivity contribution < 1.29 is 4.52 Å². The van der Waals surface area contributed by atoms with E-state index in [0.717, 1.165) is 31.6 Å². The first-order valence-corrected chi connectivity index (χ1v) is 11.3. The fraction of sp³-hybridized carbons (Fsp3) is 0.333. The Kier molecular flexibility index (Phi) is 4.17. The second-order valence-corrected chi connectivity index (χ2v) is 9.43. The van der Waals surface area contributed by atoms with Crippen LogP contribution in [-0.2, 0) is 24.8 Å². The maximum absolute atomic E-state index is 5.65. The van der Waals surface area contributed by atoms with Crippen LogP contribution in [0.5, 0.6) is 0 Å². The normalized spacial score (nSPS) is 24.3. The van der Waals surface area contributed by atoms with Crippen LogP contribution in [0.4, 0.5) is 0 Å². The lowest BCUT2D eigenvalue weighted by Crippen LogP contribution is -2.44. The Morgan fingerprint density at radius 3 is 2.58 bits per heavy atom. The first-order chi connectivity index (χ1) is 15.1. The summed E-state index contributed by atoms with van der Waals surface area (Å²) >= 11 is 0. The molecule has 2 heterocycles. The summed E-state index contributed by atoms with van der Waals surface area (Å²) in [5.41, 5.74) is 7.76. The van der Waals surface area contributed by atoms with Crippen molar-refractivity contribution in [1.82, 2.24) is 14.9 Å². The molecule has 3 atom stereocenters. The molecule has 0 fully saturated rings. The summed E-state index contributed by atoms with van der Waals surface area (Å²) in [7, 11) is 0. The first kappa shape index (κ1) is 18.6. The Balaban J connectivity index is 1.53. The van der Waals surface area contributed by atoms with Gasteiger partial charge in [0.05, 0.1) is 24.1 Å². The van der Waals surface area contributed by atoms with Gasteiger partial charge in [-0.25, -0.2) is 0 Å². The third kappa shape index (κ3) is 2.81. The van der Waals surface area contributed by atoms with E-state index in [9.17, 15) is 0 Å². The lowest BCUT2D eigenvalue weighted by molar-refractivity contribution is 0.172. The highest BCUT2D eigenvalue weighted by molar-refractivity contribution is 5.66. The molecule has 4 nitrogen and oxygen atoms in total. The van der Waals surface area contributed by atoms with Crippen LogP contribution in [0.1, 0.15) is 54.3 Å². The predicted molar refractivity (Wildman–Crippen MR) is 121 cm³/mol. The molecule has 0 spiro atoms. The van der Waals surface area contributed by atoms with Crippen molar-refractivity contribution in [1.29, 1.82) is 0 Å². The monoisotopic (exact) mass is 409 g/mol. The number of nitrogens with zero attached hydrogens (tertiary/aromatic N) is 3. The van der Waals surface area contributed by atoms with Crippen molar-refractivity contribution in [2.75, 3.05) is 0 Å². The second-order valence-electron chi connectivity index (χ2n) is 9.43. The molecular formula is C27H27N3O. The van der Waals surface area contributed by atoms with Crippen LogP contribution in [-0.4, -0.2) is 14.9 Å². The van der Waals surface area contributed by atoms with Gasteiger partial charge in [0.25, 0.3) is 0 Å². The van der Waals surface area contributed by atoms with Crippen molar-refractivity contribution in [3.05, 3.63) is 95.0 Å². The molecule has 0 N–H and O–H groups in total. The summed E-state index contributed by atoms with van der Waals surface area (Å²) < 4.78 is 7.90. The smallest absolute Gasteiger partial charge is 0.143 e. The molecule has 2 aromatic carbocycles. The predicted octanol–water partition coefficient (Wildman–Crippen LogP) is 5.77. The third-order valence-electron chi connectivity index (χ3n) is 7.59. The molecule has 2 aromatic heterocycles. The molecule has 0 saturated carbocycles. The van der Waals surface area contributed by atoms with Gasteiger partial charge in [-0.1, -0.05) is 79.7 Å². The molecule has 2 aliphatic carbocycles. The Morgan fingerprint density at radius 1 is 1.06 bits per heavy atom. The van der Waals surface area contributed by atoms with Crippen LogP contribution in [0, 0.1) is 5.92 Å². The standard InChI is InChI=1S/C27H27N3O/c1-18-23-14-13-22-24(20-11-7-4-8-12-20)30(17-19-9-5-3-6-10-19)29-26(22)27(23,2)15-21-16-28-31-25(18)21/h3-12,16,18,23H,13-15,17H2,1-2H3/t18-,23-,27-/m1/s1. The number of hydrogen-bond donors (Lipinski definition) is 0. The van der Waals surface area contributed by atoms with Gasteiger partial charge in [0.1, 0.15) is 5.76 Å². The van der Waals surface area contributed by atoms with E-state index >= 15 is 0 Å². The van der Waals surface area contributed by atoms with Crippen molar-refractivity contribution in [3.63, 3.8) is 0 Å². The highest BCUT2D eigenvalue weighted by atomic mass is 16.5. The molecule has 2 aliphatic rings. The van der Waals surface area contributed by atoms with E-state index in [-0.39, 0.29) is 5.41 Å². The maximum Gasteiger partial charge on any atom is 0.143 e. The summed E-state index contributed by atoms with van der Waals surface area (Å²) in [4.78, 5) is 0. The minimum atomic E-state index is -0.00295.